The number of primary sulfonamides is 1. The number of fused-ring (bicyclic) bond motifs is 2. The van der Waals surface area contributed by atoms with E-state index in [4.69, 9.17) is 9.88 Å². The molecule has 2 heterocycles. The van der Waals surface area contributed by atoms with Crippen molar-refractivity contribution < 1.29 is 26.4 Å². The summed E-state index contributed by atoms with van der Waals surface area (Å²) in [5.41, 5.74) is 2.55. The van der Waals surface area contributed by atoms with Crippen molar-refractivity contribution in [2.24, 2.45) is 10.1 Å². The standard InChI is InChI=1S/C26H26N4O6S3/c1-2-36-16-15-29-23-12-11-21(38(27,32)33)17-24(23)37-26(29)28-25(31)19-7-9-20(10-8-19)39(34,35)30-14-13-18-5-3-4-6-22(18)30/h3-12,17H,2,13-16H2,1H3,(H2,27,32,33). The average Bonchev–Trinajstić information content (AvgIpc) is 3.50. The van der Waals surface area contributed by atoms with Crippen LogP contribution in [-0.2, 0) is 37.7 Å². The summed E-state index contributed by atoms with van der Waals surface area (Å²) in [4.78, 5) is 17.8. The molecule has 0 bridgehead atoms. The van der Waals surface area contributed by atoms with E-state index >= 15 is 0 Å². The minimum atomic E-state index is -3.90. The number of aromatic nitrogens is 1. The molecule has 4 aromatic rings. The molecule has 0 fully saturated rings. The number of rotatable bonds is 8. The normalized spacial score (nSPS) is 14.2. The predicted octanol–water partition coefficient (Wildman–Crippen LogP) is 2.88. The van der Waals surface area contributed by atoms with Crippen molar-refractivity contribution in [2.75, 3.05) is 24.1 Å². The number of nitrogens with zero attached hydrogens (tertiary/aromatic N) is 3. The average molecular weight is 587 g/mol. The molecule has 1 aliphatic rings. The number of benzene rings is 3. The zero-order chi connectivity index (χ0) is 27.8. The molecule has 3 aromatic carbocycles. The van der Waals surface area contributed by atoms with Gasteiger partial charge in [0.2, 0.25) is 10.0 Å². The first kappa shape index (κ1) is 27.2. The second-order valence-corrected chi connectivity index (χ2v) is 13.2. The lowest BCUT2D eigenvalue weighted by Crippen LogP contribution is -2.29. The van der Waals surface area contributed by atoms with Crippen LogP contribution in [0.1, 0.15) is 22.8 Å². The summed E-state index contributed by atoms with van der Waals surface area (Å²) in [6.07, 6.45) is 0.641. The zero-order valence-corrected chi connectivity index (χ0v) is 23.4. The summed E-state index contributed by atoms with van der Waals surface area (Å²) in [6.45, 7) is 3.51. The first-order valence-electron chi connectivity index (χ1n) is 12.1. The Morgan fingerprint density at radius 1 is 1.03 bits per heavy atom. The summed E-state index contributed by atoms with van der Waals surface area (Å²) in [7, 11) is -7.69. The lowest BCUT2D eigenvalue weighted by Gasteiger charge is -2.19. The molecule has 0 radical (unpaired) electrons. The third kappa shape index (κ3) is 5.40. The van der Waals surface area contributed by atoms with Crippen LogP contribution in [0.2, 0.25) is 0 Å². The smallest absolute Gasteiger partial charge is 0.279 e. The molecule has 204 valence electrons. The van der Waals surface area contributed by atoms with Gasteiger partial charge < -0.3 is 9.30 Å². The summed E-state index contributed by atoms with van der Waals surface area (Å²) < 4.78 is 59.4. The van der Waals surface area contributed by atoms with Gasteiger partial charge >= 0.3 is 0 Å². The molecule has 0 saturated heterocycles. The van der Waals surface area contributed by atoms with Gasteiger partial charge in [-0.1, -0.05) is 29.5 Å². The minimum Gasteiger partial charge on any atom is -0.380 e. The van der Waals surface area contributed by atoms with Crippen LogP contribution in [0.3, 0.4) is 0 Å². The van der Waals surface area contributed by atoms with Crippen LogP contribution in [0.15, 0.2) is 81.5 Å². The lowest BCUT2D eigenvalue weighted by molar-refractivity contribution is 0.0996. The van der Waals surface area contributed by atoms with Gasteiger partial charge in [-0.05, 0) is 67.4 Å². The highest BCUT2D eigenvalue weighted by molar-refractivity contribution is 7.92. The number of carbonyl (C=O) groups excluding carboxylic acids is 1. The van der Waals surface area contributed by atoms with Crippen molar-refractivity contribution >= 4 is 53.2 Å². The Balaban J connectivity index is 1.47. The van der Waals surface area contributed by atoms with E-state index in [1.807, 2.05) is 19.1 Å². The molecule has 5 rings (SSSR count). The van der Waals surface area contributed by atoms with Crippen molar-refractivity contribution in [1.29, 1.82) is 0 Å². The van der Waals surface area contributed by atoms with Gasteiger partial charge in [-0.3, -0.25) is 9.10 Å². The number of hydrogen-bond donors (Lipinski definition) is 1. The third-order valence-electron chi connectivity index (χ3n) is 6.38. The van der Waals surface area contributed by atoms with Crippen LogP contribution >= 0.6 is 11.3 Å². The fourth-order valence-corrected chi connectivity index (χ4v) is 7.65. The Kier molecular flexibility index (Phi) is 7.44. The largest absolute Gasteiger partial charge is 0.380 e. The fraction of sp³-hybridized carbons (Fsp3) is 0.231. The number of nitrogens with two attached hydrogens (primary N) is 1. The number of carbonyl (C=O) groups is 1. The number of hydrogen-bond acceptors (Lipinski definition) is 7. The summed E-state index contributed by atoms with van der Waals surface area (Å²) in [5.74, 6) is -0.561. The molecule has 1 amide bonds. The minimum absolute atomic E-state index is 0.0384. The number of anilines is 1. The number of para-hydroxylation sites is 1. The highest BCUT2D eigenvalue weighted by Crippen LogP contribution is 2.32. The van der Waals surface area contributed by atoms with E-state index in [9.17, 15) is 21.6 Å². The molecule has 1 aliphatic heterocycles. The fourth-order valence-electron chi connectivity index (χ4n) is 4.44. The molecule has 10 nitrogen and oxygen atoms in total. The lowest BCUT2D eigenvalue weighted by atomic mass is 10.2. The third-order valence-corrected chi connectivity index (χ3v) is 10.2. The van der Waals surface area contributed by atoms with Gasteiger partial charge in [0, 0.05) is 25.3 Å². The van der Waals surface area contributed by atoms with E-state index in [1.165, 1.54) is 40.7 Å². The Labute approximate surface area is 230 Å². The summed E-state index contributed by atoms with van der Waals surface area (Å²) >= 11 is 1.15. The van der Waals surface area contributed by atoms with Crippen LogP contribution < -0.4 is 14.2 Å². The molecule has 0 saturated carbocycles. The second kappa shape index (κ2) is 10.7. The first-order chi connectivity index (χ1) is 18.6. The van der Waals surface area contributed by atoms with Gasteiger partial charge in [-0.15, -0.1) is 0 Å². The van der Waals surface area contributed by atoms with Gasteiger partial charge in [0.25, 0.3) is 15.9 Å². The Morgan fingerprint density at radius 3 is 2.46 bits per heavy atom. The molecular formula is C26H26N4O6S3. The molecule has 0 spiro atoms. The van der Waals surface area contributed by atoms with Crippen molar-refractivity contribution in [3.63, 3.8) is 0 Å². The van der Waals surface area contributed by atoms with Crippen LogP contribution in [-0.4, -0.2) is 47.1 Å². The van der Waals surface area contributed by atoms with Crippen molar-refractivity contribution in [3.05, 3.63) is 82.7 Å². The first-order valence-corrected chi connectivity index (χ1v) is 15.9. The van der Waals surface area contributed by atoms with Gasteiger partial charge in [-0.2, -0.15) is 4.99 Å². The van der Waals surface area contributed by atoms with Gasteiger partial charge in [0.15, 0.2) is 4.80 Å². The number of thiazole rings is 1. The molecular weight excluding hydrogens is 561 g/mol. The molecule has 39 heavy (non-hydrogen) atoms. The molecule has 1 aromatic heterocycles. The van der Waals surface area contributed by atoms with Gasteiger partial charge in [-0.25, -0.2) is 22.0 Å². The molecule has 0 aliphatic carbocycles. The Morgan fingerprint density at radius 2 is 1.74 bits per heavy atom. The van der Waals surface area contributed by atoms with E-state index in [1.54, 1.807) is 22.8 Å². The quantitative estimate of drug-likeness (QED) is 0.315. The molecule has 13 heteroatoms. The van der Waals surface area contributed by atoms with Crippen LogP contribution in [0.4, 0.5) is 5.69 Å². The number of ether oxygens (including phenoxy) is 1. The topological polar surface area (TPSA) is 141 Å². The van der Waals surface area contributed by atoms with Crippen molar-refractivity contribution in [3.8, 4) is 0 Å². The molecule has 0 atom stereocenters. The van der Waals surface area contributed by atoms with E-state index < -0.39 is 26.0 Å². The van der Waals surface area contributed by atoms with Crippen molar-refractivity contribution in [2.45, 2.75) is 29.7 Å². The monoisotopic (exact) mass is 586 g/mol. The van der Waals surface area contributed by atoms with Crippen LogP contribution in [0, 0.1) is 0 Å². The van der Waals surface area contributed by atoms with E-state index in [0.717, 1.165) is 16.9 Å². The SMILES string of the molecule is CCOCCn1c(=NC(=O)c2ccc(S(=O)(=O)N3CCc4ccccc43)cc2)sc2cc(S(N)(=O)=O)ccc21. The van der Waals surface area contributed by atoms with Crippen LogP contribution in [0.5, 0.6) is 0 Å². The van der Waals surface area contributed by atoms with E-state index in [2.05, 4.69) is 4.99 Å². The van der Waals surface area contributed by atoms with E-state index in [0.29, 0.717) is 53.4 Å². The van der Waals surface area contributed by atoms with Crippen molar-refractivity contribution in [1.82, 2.24) is 4.57 Å². The Bertz CT molecular complexity index is 1840. The molecule has 2 N–H and O–H groups in total. The van der Waals surface area contributed by atoms with Gasteiger partial charge in [0.05, 0.1) is 32.3 Å². The number of sulfonamides is 2. The number of amides is 1. The maximum absolute atomic E-state index is 13.3. The van der Waals surface area contributed by atoms with Gasteiger partial charge in [0.1, 0.15) is 0 Å². The van der Waals surface area contributed by atoms with Crippen LogP contribution in [0.25, 0.3) is 10.2 Å². The summed E-state index contributed by atoms with van der Waals surface area (Å²) in [6, 6.07) is 17.6. The highest BCUT2D eigenvalue weighted by Gasteiger charge is 2.30. The zero-order valence-electron chi connectivity index (χ0n) is 21.0. The highest BCUT2D eigenvalue weighted by atomic mass is 32.2. The Hall–Kier alpha value is -3.36. The summed E-state index contributed by atoms with van der Waals surface area (Å²) in [5, 5.41) is 5.28. The van der Waals surface area contributed by atoms with E-state index in [-0.39, 0.29) is 15.4 Å². The molecule has 0 unspecified atom stereocenters. The maximum atomic E-state index is 13.3. The second-order valence-electron chi connectivity index (χ2n) is 8.80. The maximum Gasteiger partial charge on any atom is 0.279 e. The predicted molar refractivity (Wildman–Crippen MR) is 149 cm³/mol.